The number of fused-ring (bicyclic) bond motifs is 1. The van der Waals surface area contributed by atoms with Gasteiger partial charge in [-0.1, -0.05) is 0 Å². The van der Waals surface area contributed by atoms with Crippen molar-refractivity contribution in [1.29, 1.82) is 0 Å². The third kappa shape index (κ3) is 4.32. The van der Waals surface area contributed by atoms with Crippen LogP contribution in [0.3, 0.4) is 0 Å². The van der Waals surface area contributed by atoms with E-state index in [-0.39, 0.29) is 18.0 Å². The fraction of sp³-hybridized carbons (Fsp3) is 0.346. The number of halogens is 2. The quantitative estimate of drug-likeness (QED) is 0.490. The highest BCUT2D eigenvalue weighted by molar-refractivity contribution is 6.06. The Kier molecular flexibility index (Phi) is 6.44. The van der Waals surface area contributed by atoms with E-state index in [0.29, 0.717) is 29.5 Å². The average Bonchev–Trinajstić information content (AvgIpc) is 3.73. The van der Waals surface area contributed by atoms with Crippen LogP contribution in [0.4, 0.5) is 25.0 Å². The molecular formula is C26H27F2N5O3. The van der Waals surface area contributed by atoms with Crippen LogP contribution in [0.1, 0.15) is 31.0 Å². The molecule has 2 aliphatic rings. The summed E-state index contributed by atoms with van der Waals surface area (Å²) in [5, 5.41) is 3.44. The third-order valence-corrected chi connectivity index (χ3v) is 6.45. The van der Waals surface area contributed by atoms with Crippen LogP contribution in [-0.2, 0) is 13.1 Å². The van der Waals surface area contributed by atoms with Gasteiger partial charge in [-0.15, -0.1) is 0 Å². The first-order valence-corrected chi connectivity index (χ1v) is 11.8. The number of urea groups is 1. The predicted molar refractivity (Wildman–Crippen MR) is 131 cm³/mol. The summed E-state index contributed by atoms with van der Waals surface area (Å²) in [5.41, 5.74) is 3.18. The molecule has 1 saturated carbocycles. The molecule has 1 aromatic carbocycles. The molecule has 5 rings (SSSR count). The molecule has 0 bridgehead atoms. The van der Waals surface area contributed by atoms with Crippen LogP contribution in [0.2, 0.25) is 0 Å². The van der Waals surface area contributed by atoms with E-state index in [1.165, 1.54) is 32.0 Å². The van der Waals surface area contributed by atoms with E-state index >= 15 is 8.78 Å². The first-order chi connectivity index (χ1) is 17.4. The summed E-state index contributed by atoms with van der Waals surface area (Å²) in [4.78, 5) is 25.0. The lowest BCUT2D eigenvalue weighted by Gasteiger charge is -2.37. The summed E-state index contributed by atoms with van der Waals surface area (Å²) in [6, 6.07) is 6.88. The minimum absolute atomic E-state index is 0.0634. The molecule has 0 saturated heterocycles. The van der Waals surface area contributed by atoms with E-state index < -0.39 is 23.4 Å². The largest absolute Gasteiger partial charge is 0.493 e. The van der Waals surface area contributed by atoms with Crippen molar-refractivity contribution in [3.8, 4) is 22.8 Å². The maximum atomic E-state index is 15.2. The van der Waals surface area contributed by atoms with Crippen LogP contribution in [0.15, 0.2) is 36.7 Å². The number of benzene rings is 1. The number of nitrogens with one attached hydrogen (secondary N) is 1. The van der Waals surface area contributed by atoms with Gasteiger partial charge in [0.05, 0.1) is 37.8 Å². The second-order valence-corrected chi connectivity index (χ2v) is 8.76. The number of methoxy groups -OCH3 is 2. The minimum atomic E-state index is -0.976. The average molecular weight is 496 g/mol. The van der Waals surface area contributed by atoms with E-state index in [0.717, 1.165) is 28.8 Å². The summed E-state index contributed by atoms with van der Waals surface area (Å²) in [6.45, 7) is 2.75. The Morgan fingerprint density at radius 1 is 1.06 bits per heavy atom. The SMILES string of the molecule is CCN1C(=O)N(c2c(F)c(OC)cc(OC)c2F)Cc2cnc(-c3ccc(CNC4CC4)nc3)cc21. The molecular weight excluding hydrogens is 468 g/mol. The lowest BCUT2D eigenvalue weighted by molar-refractivity contribution is 0.249. The number of hydrogen-bond donors (Lipinski definition) is 1. The first kappa shape index (κ1) is 23.9. The van der Waals surface area contributed by atoms with Crippen LogP contribution in [0, 0.1) is 11.6 Å². The van der Waals surface area contributed by atoms with Gasteiger partial charge in [0.15, 0.2) is 23.1 Å². The molecule has 0 radical (unpaired) electrons. The van der Waals surface area contributed by atoms with Crippen molar-refractivity contribution in [2.45, 2.75) is 38.9 Å². The van der Waals surface area contributed by atoms with Gasteiger partial charge in [0.25, 0.3) is 0 Å². The van der Waals surface area contributed by atoms with Gasteiger partial charge in [-0.05, 0) is 38.0 Å². The van der Waals surface area contributed by atoms with Crippen LogP contribution >= 0.6 is 0 Å². The maximum Gasteiger partial charge on any atom is 0.329 e. The van der Waals surface area contributed by atoms with Crippen molar-refractivity contribution in [2.24, 2.45) is 0 Å². The predicted octanol–water partition coefficient (Wildman–Crippen LogP) is 4.66. The molecule has 0 spiro atoms. The number of aromatic nitrogens is 2. The van der Waals surface area contributed by atoms with Crippen molar-refractivity contribution in [3.63, 3.8) is 0 Å². The van der Waals surface area contributed by atoms with E-state index in [1.807, 2.05) is 18.2 Å². The van der Waals surface area contributed by atoms with E-state index in [2.05, 4.69) is 15.3 Å². The van der Waals surface area contributed by atoms with E-state index in [1.54, 1.807) is 19.3 Å². The van der Waals surface area contributed by atoms with Crippen molar-refractivity contribution in [1.82, 2.24) is 15.3 Å². The fourth-order valence-electron chi connectivity index (χ4n) is 4.30. The van der Waals surface area contributed by atoms with Gasteiger partial charge >= 0.3 is 6.03 Å². The molecule has 1 aliphatic heterocycles. The Morgan fingerprint density at radius 3 is 2.36 bits per heavy atom. The van der Waals surface area contributed by atoms with Crippen LogP contribution in [0.25, 0.3) is 11.3 Å². The van der Waals surface area contributed by atoms with Gasteiger partial charge in [-0.2, -0.15) is 0 Å². The van der Waals surface area contributed by atoms with Crippen LogP contribution < -0.4 is 24.6 Å². The molecule has 0 atom stereocenters. The zero-order valence-electron chi connectivity index (χ0n) is 20.3. The molecule has 2 amide bonds. The third-order valence-electron chi connectivity index (χ3n) is 6.45. The standard InChI is InChI=1S/C26H27F2N5O3/c1-4-32-20-9-19(15-5-6-18(29-11-15)13-30-17-7-8-17)31-12-16(20)14-33(26(32)34)25-23(27)21(35-2)10-22(36-3)24(25)28/h5-6,9-12,17,30H,4,7-8,13-14H2,1-3H3. The van der Waals surface area contributed by atoms with Crippen molar-refractivity contribution < 1.29 is 23.0 Å². The highest BCUT2D eigenvalue weighted by Crippen LogP contribution is 2.41. The molecule has 0 unspecified atom stereocenters. The molecule has 1 N–H and O–H groups in total. The minimum Gasteiger partial charge on any atom is -0.493 e. The Hall–Kier alpha value is -3.79. The summed E-state index contributed by atoms with van der Waals surface area (Å²) >= 11 is 0. The van der Waals surface area contributed by atoms with Gasteiger partial charge in [0.1, 0.15) is 5.69 Å². The highest BCUT2D eigenvalue weighted by atomic mass is 19.1. The second-order valence-electron chi connectivity index (χ2n) is 8.76. The lowest BCUT2D eigenvalue weighted by Crippen LogP contribution is -2.48. The zero-order chi connectivity index (χ0) is 25.4. The second kappa shape index (κ2) is 9.69. The van der Waals surface area contributed by atoms with Gasteiger partial charge in [-0.3, -0.25) is 19.8 Å². The van der Waals surface area contributed by atoms with E-state index in [4.69, 9.17) is 9.47 Å². The number of rotatable bonds is 8. The number of ether oxygens (including phenoxy) is 2. The molecule has 1 aliphatic carbocycles. The lowest BCUT2D eigenvalue weighted by atomic mass is 10.1. The molecule has 10 heteroatoms. The smallest absolute Gasteiger partial charge is 0.329 e. The van der Waals surface area contributed by atoms with Gasteiger partial charge in [-0.25, -0.2) is 13.6 Å². The van der Waals surface area contributed by atoms with E-state index in [9.17, 15) is 4.79 Å². The molecule has 188 valence electrons. The molecule has 1 fully saturated rings. The molecule has 3 heterocycles. The Balaban J connectivity index is 1.47. The summed E-state index contributed by atoms with van der Waals surface area (Å²) in [6.07, 6.45) is 5.82. The molecule has 3 aromatic rings. The number of pyridine rings is 2. The topological polar surface area (TPSA) is 79.8 Å². The van der Waals surface area contributed by atoms with Crippen LogP contribution in [0.5, 0.6) is 11.5 Å². The van der Waals surface area contributed by atoms with Gasteiger partial charge in [0.2, 0.25) is 0 Å². The van der Waals surface area contributed by atoms with Crippen LogP contribution in [-0.4, -0.2) is 42.8 Å². The number of carbonyl (C=O) groups excluding carboxylic acids is 1. The normalized spacial score (nSPS) is 15.2. The number of hydrogen-bond acceptors (Lipinski definition) is 6. The summed E-state index contributed by atoms with van der Waals surface area (Å²) < 4.78 is 40.4. The van der Waals surface area contributed by atoms with Crippen molar-refractivity contribution >= 4 is 17.4 Å². The molecule has 36 heavy (non-hydrogen) atoms. The Morgan fingerprint density at radius 2 is 1.78 bits per heavy atom. The molecule has 8 nitrogen and oxygen atoms in total. The Bertz CT molecular complexity index is 1270. The zero-order valence-corrected chi connectivity index (χ0v) is 20.3. The first-order valence-electron chi connectivity index (χ1n) is 11.8. The summed E-state index contributed by atoms with van der Waals surface area (Å²) in [5.74, 6) is -2.39. The monoisotopic (exact) mass is 495 g/mol. The summed E-state index contributed by atoms with van der Waals surface area (Å²) in [7, 11) is 2.53. The number of anilines is 2. The van der Waals surface area contributed by atoms with Gasteiger partial charge < -0.3 is 14.8 Å². The maximum absolute atomic E-state index is 15.2. The fourth-order valence-corrected chi connectivity index (χ4v) is 4.30. The Labute approximate surface area is 207 Å². The molecule has 2 aromatic heterocycles. The highest BCUT2D eigenvalue weighted by Gasteiger charge is 2.36. The number of nitrogens with zero attached hydrogens (tertiary/aromatic N) is 4. The van der Waals surface area contributed by atoms with Gasteiger partial charge in [0, 0.05) is 48.7 Å². The van der Waals surface area contributed by atoms with Crippen molar-refractivity contribution in [3.05, 3.63) is 59.6 Å². The van der Waals surface area contributed by atoms with Crippen molar-refractivity contribution in [2.75, 3.05) is 30.6 Å². The number of carbonyl (C=O) groups is 1. The number of amides is 2.